The van der Waals surface area contributed by atoms with E-state index >= 15 is 0 Å². The molecule has 0 saturated heterocycles. The van der Waals surface area contributed by atoms with Gasteiger partial charge in [0.15, 0.2) is 11.5 Å². The number of methoxy groups -OCH3 is 2. The Kier molecular flexibility index (Phi) is 4.84. The van der Waals surface area contributed by atoms with E-state index in [0.717, 1.165) is 5.56 Å². The van der Waals surface area contributed by atoms with Gasteiger partial charge in [-0.1, -0.05) is 6.92 Å². The molecule has 0 fully saturated rings. The molecule has 29 heavy (non-hydrogen) atoms. The van der Waals surface area contributed by atoms with Gasteiger partial charge >= 0.3 is 0 Å². The predicted octanol–water partition coefficient (Wildman–Crippen LogP) is 3.11. The molecule has 0 spiro atoms. The molecule has 0 saturated carbocycles. The summed E-state index contributed by atoms with van der Waals surface area (Å²) in [5, 5.41) is 20.0. The molecule has 1 aliphatic heterocycles. The molecule has 0 unspecified atom stereocenters. The van der Waals surface area contributed by atoms with Crippen molar-refractivity contribution >= 4 is 11.0 Å². The van der Waals surface area contributed by atoms with Gasteiger partial charge in [-0.25, -0.2) is 0 Å². The lowest BCUT2D eigenvalue weighted by Crippen LogP contribution is -2.25. The molecule has 2 heterocycles. The molecule has 152 valence electrons. The number of ether oxygens (including phenoxy) is 3. The maximum absolute atomic E-state index is 13.2. The number of hydrogen-bond donors (Lipinski definition) is 2. The maximum atomic E-state index is 13.2. The molecule has 2 atom stereocenters. The number of phenols is 1. The number of benzene rings is 2. The van der Waals surface area contributed by atoms with Crippen molar-refractivity contribution in [2.24, 2.45) is 5.92 Å². The van der Waals surface area contributed by atoms with Gasteiger partial charge in [-0.3, -0.25) is 4.79 Å². The third-order valence-electron chi connectivity index (χ3n) is 5.40. The Morgan fingerprint density at radius 2 is 1.90 bits per heavy atom. The van der Waals surface area contributed by atoms with Crippen molar-refractivity contribution in [2.45, 2.75) is 19.4 Å². The van der Waals surface area contributed by atoms with Crippen LogP contribution in [0.2, 0.25) is 0 Å². The van der Waals surface area contributed by atoms with Crippen molar-refractivity contribution in [2.75, 3.05) is 20.8 Å². The van der Waals surface area contributed by atoms with Crippen molar-refractivity contribution < 1.29 is 28.8 Å². The highest BCUT2D eigenvalue weighted by atomic mass is 16.5. The Hall–Kier alpha value is -3.19. The van der Waals surface area contributed by atoms with Gasteiger partial charge < -0.3 is 28.8 Å². The summed E-state index contributed by atoms with van der Waals surface area (Å²) >= 11 is 0. The highest BCUT2D eigenvalue weighted by molar-refractivity contribution is 5.86. The monoisotopic (exact) mass is 398 g/mol. The van der Waals surface area contributed by atoms with E-state index in [2.05, 4.69) is 0 Å². The summed E-state index contributed by atoms with van der Waals surface area (Å²) in [6.07, 6.45) is 1.81. The minimum atomic E-state index is -0.206. The fourth-order valence-corrected chi connectivity index (χ4v) is 3.63. The zero-order chi connectivity index (χ0) is 20.7. The lowest BCUT2D eigenvalue weighted by molar-refractivity contribution is 0.114. The topological polar surface area (TPSA) is 98.4 Å². The largest absolute Gasteiger partial charge is 0.502 e. The lowest BCUT2D eigenvalue weighted by atomic mass is 9.98. The number of phenolic OH excluding ortho intramolecular Hbond substituents is 1. The van der Waals surface area contributed by atoms with E-state index in [-0.39, 0.29) is 41.3 Å². The van der Waals surface area contributed by atoms with Crippen LogP contribution < -0.4 is 19.6 Å². The van der Waals surface area contributed by atoms with Crippen LogP contribution in [0.5, 0.6) is 23.0 Å². The van der Waals surface area contributed by atoms with Crippen molar-refractivity contribution in [3.8, 4) is 34.1 Å². The number of aliphatic hydroxyl groups excluding tert-OH is 1. The van der Waals surface area contributed by atoms with Crippen molar-refractivity contribution in [3.63, 3.8) is 0 Å². The molecule has 2 N–H and O–H groups in total. The molecule has 0 amide bonds. The zero-order valence-electron chi connectivity index (χ0n) is 16.4. The van der Waals surface area contributed by atoms with Gasteiger partial charge in [-0.15, -0.1) is 0 Å². The average Bonchev–Trinajstić information content (AvgIpc) is 3.18. The molecule has 3 aromatic rings. The molecular weight excluding hydrogens is 376 g/mol. The first-order chi connectivity index (χ1) is 14.0. The fourth-order valence-electron chi connectivity index (χ4n) is 3.63. The third-order valence-corrected chi connectivity index (χ3v) is 5.40. The summed E-state index contributed by atoms with van der Waals surface area (Å²) in [7, 11) is 2.85. The minimum Gasteiger partial charge on any atom is -0.502 e. The molecule has 2 aromatic carbocycles. The summed E-state index contributed by atoms with van der Waals surface area (Å²) in [6.45, 7) is 1.94. The molecule has 0 radical (unpaired) electrons. The zero-order valence-corrected chi connectivity index (χ0v) is 16.4. The smallest absolute Gasteiger partial charge is 0.200 e. The van der Waals surface area contributed by atoms with Gasteiger partial charge in [-0.05, 0) is 29.8 Å². The summed E-state index contributed by atoms with van der Waals surface area (Å²) in [5.41, 5.74) is 1.95. The lowest BCUT2D eigenvalue weighted by Gasteiger charge is -2.16. The van der Waals surface area contributed by atoms with Crippen LogP contribution in [0, 0.1) is 5.92 Å². The Bertz CT molecular complexity index is 1110. The van der Waals surface area contributed by atoms with Crippen LogP contribution in [0.1, 0.15) is 12.5 Å². The quantitative estimate of drug-likeness (QED) is 0.681. The second kappa shape index (κ2) is 7.33. The maximum Gasteiger partial charge on any atom is 0.200 e. The number of rotatable bonds is 5. The molecule has 4 rings (SSSR count). The highest BCUT2D eigenvalue weighted by Gasteiger charge is 2.30. The van der Waals surface area contributed by atoms with E-state index in [1.165, 1.54) is 20.5 Å². The Balaban J connectivity index is 1.84. The van der Waals surface area contributed by atoms with Crippen molar-refractivity contribution in [1.82, 2.24) is 0 Å². The summed E-state index contributed by atoms with van der Waals surface area (Å²) in [5.74, 6) is 0.902. The van der Waals surface area contributed by atoms with E-state index in [0.29, 0.717) is 34.3 Å². The molecular formula is C22H22O7. The molecule has 1 aliphatic rings. The first kappa shape index (κ1) is 19.1. The van der Waals surface area contributed by atoms with E-state index in [1.807, 2.05) is 6.92 Å². The first-order valence-electron chi connectivity index (χ1n) is 9.28. The number of fused-ring (bicyclic) bond motifs is 3. The molecule has 0 bridgehead atoms. The first-order valence-corrected chi connectivity index (χ1v) is 9.28. The van der Waals surface area contributed by atoms with Crippen LogP contribution in [0.15, 0.2) is 39.7 Å². The van der Waals surface area contributed by atoms with Crippen LogP contribution in [0.25, 0.3) is 22.1 Å². The molecule has 7 nitrogen and oxygen atoms in total. The Morgan fingerprint density at radius 1 is 1.21 bits per heavy atom. The third kappa shape index (κ3) is 3.07. The van der Waals surface area contributed by atoms with Gasteiger partial charge in [-0.2, -0.15) is 0 Å². The second-order valence-electron chi connectivity index (χ2n) is 7.15. The van der Waals surface area contributed by atoms with Gasteiger partial charge in [0.25, 0.3) is 0 Å². The van der Waals surface area contributed by atoms with E-state index in [9.17, 15) is 15.0 Å². The van der Waals surface area contributed by atoms with Gasteiger partial charge in [0.1, 0.15) is 23.7 Å². The van der Waals surface area contributed by atoms with Crippen molar-refractivity contribution in [1.29, 1.82) is 0 Å². The molecule has 7 heteroatoms. The number of hydrogen-bond acceptors (Lipinski definition) is 7. The highest BCUT2D eigenvalue weighted by Crippen LogP contribution is 2.41. The van der Waals surface area contributed by atoms with Crippen LogP contribution in [-0.2, 0) is 6.42 Å². The number of aromatic hydroxyl groups is 1. The molecule has 0 aliphatic carbocycles. The fraction of sp³-hybridized carbons (Fsp3) is 0.318. The van der Waals surface area contributed by atoms with Gasteiger partial charge in [0.2, 0.25) is 11.2 Å². The minimum absolute atomic E-state index is 0.0230. The SMILES string of the molecule is COc1cc(-c2coc3c4c(ccc3c2=O)O[C@H]([C@@H](C)CO)C4)cc(OC)c1O. The van der Waals surface area contributed by atoms with E-state index < -0.39 is 0 Å². The van der Waals surface area contributed by atoms with E-state index in [1.54, 1.807) is 24.3 Å². The Labute approximate surface area is 167 Å². The molecule has 1 aromatic heterocycles. The second-order valence-corrected chi connectivity index (χ2v) is 7.15. The van der Waals surface area contributed by atoms with Crippen molar-refractivity contribution in [3.05, 3.63) is 46.3 Å². The van der Waals surface area contributed by atoms with Gasteiger partial charge in [0.05, 0.1) is 25.2 Å². The summed E-state index contributed by atoms with van der Waals surface area (Å²) < 4.78 is 22.2. The Morgan fingerprint density at radius 3 is 2.52 bits per heavy atom. The van der Waals surface area contributed by atoms with Crippen LogP contribution in [0.3, 0.4) is 0 Å². The van der Waals surface area contributed by atoms with Crippen LogP contribution >= 0.6 is 0 Å². The average molecular weight is 398 g/mol. The van der Waals surface area contributed by atoms with E-state index in [4.69, 9.17) is 18.6 Å². The van der Waals surface area contributed by atoms with Gasteiger partial charge in [0, 0.05) is 24.5 Å². The summed E-state index contributed by atoms with van der Waals surface area (Å²) in [4.78, 5) is 13.2. The van der Waals surface area contributed by atoms with Crippen LogP contribution in [-0.4, -0.2) is 37.1 Å². The normalized spacial score (nSPS) is 16.3. The summed E-state index contributed by atoms with van der Waals surface area (Å²) in [6, 6.07) is 6.57. The van der Waals surface area contributed by atoms with Crippen LogP contribution in [0.4, 0.5) is 0 Å². The number of aliphatic hydroxyl groups is 1. The standard InChI is InChI=1S/C22H22O7/c1-11(9-23)17-8-14-16(29-17)5-4-13-20(24)15(10-28-22(13)14)12-6-18(26-2)21(25)19(7-12)27-3/h4-7,10-11,17,23,25H,8-9H2,1-3H3/t11-,17-/m0/s1. The predicted molar refractivity (Wildman–Crippen MR) is 107 cm³/mol.